The molecule has 0 fully saturated rings. The molecule has 0 amide bonds. The maximum atomic E-state index is 6.01. The topological polar surface area (TPSA) is 30.9 Å². The highest BCUT2D eigenvalue weighted by atomic mass is 32.1. The summed E-state index contributed by atoms with van der Waals surface area (Å²) in [6.07, 6.45) is 0. The molecule has 3 heteroatoms. The summed E-state index contributed by atoms with van der Waals surface area (Å²) in [5.74, 6) is 0. The van der Waals surface area contributed by atoms with Crippen molar-refractivity contribution in [2.45, 2.75) is 6.54 Å². The molecule has 7 aromatic rings. The van der Waals surface area contributed by atoms with Gasteiger partial charge in [-0.2, -0.15) is 0 Å². The van der Waals surface area contributed by atoms with E-state index in [-0.39, 0.29) is 0 Å². The Hall–Kier alpha value is -3.92. The van der Waals surface area contributed by atoms with Gasteiger partial charge < -0.3 is 10.3 Å². The Morgan fingerprint density at radius 1 is 0.588 bits per heavy atom. The molecule has 0 aliphatic carbocycles. The molecule has 0 radical (unpaired) electrons. The molecule has 0 saturated carbocycles. The van der Waals surface area contributed by atoms with E-state index in [1.807, 2.05) is 11.3 Å². The van der Waals surface area contributed by atoms with Gasteiger partial charge in [0, 0.05) is 43.2 Å². The van der Waals surface area contributed by atoms with Crippen LogP contribution in [0.25, 0.3) is 58.8 Å². The van der Waals surface area contributed by atoms with Gasteiger partial charge >= 0.3 is 0 Å². The van der Waals surface area contributed by atoms with Crippen LogP contribution in [0.2, 0.25) is 0 Å². The van der Waals surface area contributed by atoms with E-state index in [1.54, 1.807) is 0 Å². The lowest BCUT2D eigenvalue weighted by molar-refractivity contribution is 1.09. The minimum Gasteiger partial charge on any atom is -0.326 e. The molecule has 5 aromatic carbocycles. The summed E-state index contributed by atoms with van der Waals surface area (Å²) in [4.78, 5) is 0. The lowest BCUT2D eigenvalue weighted by Gasteiger charge is -2.08. The van der Waals surface area contributed by atoms with Crippen molar-refractivity contribution in [1.29, 1.82) is 0 Å². The van der Waals surface area contributed by atoms with E-state index in [0.717, 1.165) is 0 Å². The van der Waals surface area contributed by atoms with E-state index in [4.69, 9.17) is 5.73 Å². The molecule has 0 spiro atoms. The summed E-state index contributed by atoms with van der Waals surface area (Å²) in [6, 6.07) is 39.4. The number of nitrogens with two attached hydrogens (primary N) is 1. The molecular weight excluding hydrogens is 432 g/mol. The molecule has 0 aliphatic rings. The summed E-state index contributed by atoms with van der Waals surface area (Å²) in [5, 5.41) is 5.16. The Labute approximate surface area is 201 Å². The standard InChI is InChI=1S/C31H22N2S/c32-19-22-7-6-11-26-25-15-13-21(18-30(25)34-31(22)26)20-14-16-29-27(17-20)24-10-4-5-12-28(24)33(29)23-8-2-1-3-9-23/h1-18H,19,32H2. The molecule has 0 atom stereocenters. The van der Waals surface area contributed by atoms with Crippen LogP contribution in [0.5, 0.6) is 0 Å². The fourth-order valence-corrected chi connectivity index (χ4v) is 6.47. The van der Waals surface area contributed by atoms with Gasteiger partial charge in [0.2, 0.25) is 0 Å². The summed E-state index contributed by atoms with van der Waals surface area (Å²) in [6.45, 7) is 0.569. The van der Waals surface area contributed by atoms with E-state index in [9.17, 15) is 0 Å². The zero-order chi connectivity index (χ0) is 22.6. The van der Waals surface area contributed by atoms with Crippen molar-refractivity contribution in [3.63, 3.8) is 0 Å². The highest BCUT2D eigenvalue weighted by Crippen LogP contribution is 2.39. The number of rotatable bonds is 3. The largest absolute Gasteiger partial charge is 0.326 e. The average Bonchev–Trinajstić information content (AvgIpc) is 3.44. The normalized spacial score (nSPS) is 11.8. The van der Waals surface area contributed by atoms with E-state index in [1.165, 1.54) is 64.4 Å². The van der Waals surface area contributed by atoms with Crippen molar-refractivity contribution in [2.24, 2.45) is 5.73 Å². The van der Waals surface area contributed by atoms with Gasteiger partial charge in [-0.05, 0) is 53.1 Å². The van der Waals surface area contributed by atoms with Crippen molar-refractivity contribution in [3.05, 3.63) is 115 Å². The Bertz CT molecular complexity index is 1840. The predicted molar refractivity (Wildman–Crippen MR) is 147 cm³/mol. The van der Waals surface area contributed by atoms with Gasteiger partial charge in [0.15, 0.2) is 0 Å². The third kappa shape index (κ3) is 2.84. The Kier molecular flexibility index (Phi) is 4.34. The number of hydrogen-bond donors (Lipinski definition) is 1. The van der Waals surface area contributed by atoms with Gasteiger partial charge in [-0.15, -0.1) is 11.3 Å². The number of thiophene rings is 1. The molecule has 0 saturated heterocycles. The van der Waals surface area contributed by atoms with Crippen LogP contribution in [0, 0.1) is 0 Å². The van der Waals surface area contributed by atoms with Crippen LogP contribution in [0.4, 0.5) is 0 Å². The van der Waals surface area contributed by atoms with Crippen LogP contribution in [0.1, 0.15) is 5.56 Å². The SMILES string of the molecule is NCc1cccc2c1sc1cc(-c3ccc4c(c3)c3ccccc3n4-c3ccccc3)ccc12. The van der Waals surface area contributed by atoms with E-state index >= 15 is 0 Å². The summed E-state index contributed by atoms with van der Waals surface area (Å²) >= 11 is 1.85. The van der Waals surface area contributed by atoms with Gasteiger partial charge in [0.25, 0.3) is 0 Å². The maximum Gasteiger partial charge on any atom is 0.0541 e. The Morgan fingerprint density at radius 2 is 1.32 bits per heavy atom. The second-order valence-corrected chi connectivity index (χ2v) is 9.78. The highest BCUT2D eigenvalue weighted by molar-refractivity contribution is 7.26. The van der Waals surface area contributed by atoms with Crippen molar-refractivity contribution in [1.82, 2.24) is 4.57 Å². The third-order valence-corrected chi connectivity index (χ3v) is 8.06. The number of nitrogens with zero attached hydrogens (tertiary/aromatic N) is 1. The molecule has 162 valence electrons. The van der Waals surface area contributed by atoms with Gasteiger partial charge in [-0.25, -0.2) is 0 Å². The smallest absolute Gasteiger partial charge is 0.0541 e. The fraction of sp³-hybridized carbons (Fsp3) is 0.0323. The Morgan fingerprint density at radius 3 is 2.21 bits per heavy atom. The quantitative estimate of drug-likeness (QED) is 0.286. The van der Waals surface area contributed by atoms with Crippen LogP contribution >= 0.6 is 11.3 Å². The fourth-order valence-electron chi connectivity index (χ4n) is 5.20. The average molecular weight is 455 g/mol. The first-order valence-corrected chi connectivity index (χ1v) is 12.4. The van der Waals surface area contributed by atoms with Gasteiger partial charge in [-0.1, -0.05) is 72.8 Å². The van der Waals surface area contributed by atoms with Crippen molar-refractivity contribution < 1.29 is 0 Å². The third-order valence-electron chi connectivity index (χ3n) is 6.82. The molecule has 0 aliphatic heterocycles. The first-order chi connectivity index (χ1) is 16.8. The number of aromatic nitrogens is 1. The van der Waals surface area contributed by atoms with Crippen LogP contribution in [0.3, 0.4) is 0 Å². The van der Waals surface area contributed by atoms with Crippen LogP contribution < -0.4 is 5.73 Å². The minimum absolute atomic E-state index is 0.569. The zero-order valence-corrected chi connectivity index (χ0v) is 19.3. The van der Waals surface area contributed by atoms with Crippen LogP contribution in [-0.4, -0.2) is 4.57 Å². The van der Waals surface area contributed by atoms with E-state index in [2.05, 4.69) is 114 Å². The van der Waals surface area contributed by atoms with Crippen LogP contribution in [-0.2, 0) is 6.54 Å². The van der Waals surface area contributed by atoms with Gasteiger partial charge in [-0.3, -0.25) is 0 Å². The predicted octanol–water partition coefficient (Wildman–Crippen LogP) is 8.28. The first kappa shape index (κ1) is 19.5. The maximum absolute atomic E-state index is 6.01. The first-order valence-electron chi connectivity index (χ1n) is 11.5. The minimum atomic E-state index is 0.569. The molecule has 7 rings (SSSR count). The van der Waals surface area contributed by atoms with Gasteiger partial charge in [0.05, 0.1) is 11.0 Å². The molecular formula is C31H22N2S. The van der Waals surface area contributed by atoms with E-state index < -0.39 is 0 Å². The van der Waals surface area contributed by atoms with E-state index in [0.29, 0.717) is 6.54 Å². The number of hydrogen-bond acceptors (Lipinski definition) is 2. The lowest BCUT2D eigenvalue weighted by Crippen LogP contribution is -1.95. The zero-order valence-electron chi connectivity index (χ0n) is 18.5. The van der Waals surface area contributed by atoms with Crippen molar-refractivity contribution in [2.75, 3.05) is 0 Å². The second kappa shape index (κ2) is 7.56. The number of para-hydroxylation sites is 2. The molecule has 2 nitrogen and oxygen atoms in total. The molecule has 2 aromatic heterocycles. The summed E-state index contributed by atoms with van der Waals surface area (Å²) in [7, 11) is 0. The molecule has 34 heavy (non-hydrogen) atoms. The second-order valence-electron chi connectivity index (χ2n) is 8.73. The highest BCUT2D eigenvalue weighted by Gasteiger charge is 2.14. The van der Waals surface area contributed by atoms with Gasteiger partial charge in [0.1, 0.15) is 0 Å². The van der Waals surface area contributed by atoms with Crippen molar-refractivity contribution >= 4 is 53.3 Å². The number of fused-ring (bicyclic) bond motifs is 6. The van der Waals surface area contributed by atoms with Crippen molar-refractivity contribution in [3.8, 4) is 16.8 Å². The van der Waals surface area contributed by atoms with Crippen LogP contribution in [0.15, 0.2) is 109 Å². The molecule has 2 heterocycles. The Balaban J connectivity index is 1.45. The lowest BCUT2D eigenvalue weighted by atomic mass is 10.0. The number of benzene rings is 5. The summed E-state index contributed by atoms with van der Waals surface area (Å²) in [5.41, 5.74) is 13.3. The summed E-state index contributed by atoms with van der Waals surface area (Å²) < 4.78 is 4.97. The molecule has 0 unspecified atom stereocenters. The molecule has 2 N–H and O–H groups in total. The monoisotopic (exact) mass is 454 g/mol. The molecule has 0 bridgehead atoms.